The van der Waals surface area contributed by atoms with Gasteiger partial charge in [0.15, 0.2) is 0 Å². The first-order valence-electron chi connectivity index (χ1n) is 12.6. The summed E-state index contributed by atoms with van der Waals surface area (Å²) in [6, 6.07) is 0. The van der Waals surface area contributed by atoms with Crippen LogP contribution in [0.15, 0.2) is 0 Å². The molecule has 0 aromatic rings. The minimum absolute atomic E-state index is 0.602. The Morgan fingerprint density at radius 2 is 0.962 bits per heavy atom. The molecule has 0 heterocycles. The molecule has 0 heteroatoms. The van der Waals surface area contributed by atoms with E-state index in [0.29, 0.717) is 5.41 Å². The Balaban J connectivity index is 4.15. The van der Waals surface area contributed by atoms with Crippen LogP contribution in [0.5, 0.6) is 0 Å². The van der Waals surface area contributed by atoms with E-state index in [-0.39, 0.29) is 0 Å². The van der Waals surface area contributed by atoms with Gasteiger partial charge in [-0.25, -0.2) is 0 Å². The van der Waals surface area contributed by atoms with Crippen molar-refractivity contribution in [2.45, 2.75) is 157 Å². The molecule has 0 radical (unpaired) electrons. The molecule has 0 aromatic heterocycles. The van der Waals surface area contributed by atoms with Gasteiger partial charge in [-0.15, -0.1) is 0 Å². The lowest BCUT2D eigenvalue weighted by atomic mass is 9.73. The highest BCUT2D eigenvalue weighted by Gasteiger charge is 2.25. The molecule has 1 atom stereocenters. The van der Waals surface area contributed by atoms with Gasteiger partial charge in [0, 0.05) is 0 Å². The summed E-state index contributed by atoms with van der Waals surface area (Å²) in [4.78, 5) is 0. The minimum atomic E-state index is 0.602. The molecule has 0 aliphatic heterocycles. The lowest BCUT2D eigenvalue weighted by Crippen LogP contribution is -2.20. The third-order valence-corrected chi connectivity index (χ3v) is 6.70. The zero-order valence-electron chi connectivity index (χ0n) is 19.5. The molecule has 0 nitrogen and oxygen atoms in total. The van der Waals surface area contributed by atoms with Gasteiger partial charge in [-0.05, 0) is 24.2 Å². The zero-order valence-corrected chi connectivity index (χ0v) is 19.5. The van der Waals surface area contributed by atoms with Crippen LogP contribution in [-0.2, 0) is 0 Å². The van der Waals surface area contributed by atoms with Gasteiger partial charge in [0.05, 0.1) is 0 Å². The fourth-order valence-electron chi connectivity index (χ4n) is 4.52. The first kappa shape index (κ1) is 26.0. The first-order valence-corrected chi connectivity index (χ1v) is 12.6. The molecular weight excluding hydrogens is 312 g/mol. The Hall–Kier alpha value is 0. The largest absolute Gasteiger partial charge is 0.0654 e. The number of unbranched alkanes of at least 4 members (excludes halogenated alkanes) is 11. The maximum absolute atomic E-state index is 2.60. The quantitative estimate of drug-likeness (QED) is 0.188. The Kier molecular flexibility index (Phi) is 18.4. The van der Waals surface area contributed by atoms with E-state index < -0.39 is 0 Å². The maximum Gasteiger partial charge on any atom is -0.0326 e. The van der Waals surface area contributed by atoms with E-state index in [1.54, 1.807) is 0 Å². The van der Waals surface area contributed by atoms with Gasteiger partial charge in [0.25, 0.3) is 0 Å². The van der Waals surface area contributed by atoms with Crippen molar-refractivity contribution in [3.05, 3.63) is 0 Å². The van der Waals surface area contributed by atoms with Crippen LogP contribution >= 0.6 is 0 Å². The highest BCUT2D eigenvalue weighted by atomic mass is 14.3. The van der Waals surface area contributed by atoms with Gasteiger partial charge in [0.1, 0.15) is 0 Å². The van der Waals surface area contributed by atoms with Gasteiger partial charge in [0.2, 0.25) is 0 Å². The van der Waals surface area contributed by atoms with E-state index in [2.05, 4.69) is 34.6 Å². The third-order valence-electron chi connectivity index (χ3n) is 6.70. The summed E-state index contributed by atoms with van der Waals surface area (Å²) in [6.07, 6.45) is 27.5. The third kappa shape index (κ3) is 15.1. The molecule has 0 rings (SSSR count). The second-order valence-corrected chi connectivity index (χ2v) is 9.45. The van der Waals surface area contributed by atoms with Gasteiger partial charge < -0.3 is 0 Å². The Morgan fingerprint density at radius 3 is 1.42 bits per heavy atom. The SMILES string of the molecule is CCCCCCCCCCC(C)(CC)CC(CCCCC)CCCCC. The van der Waals surface area contributed by atoms with Crippen molar-refractivity contribution >= 4 is 0 Å². The van der Waals surface area contributed by atoms with Crippen LogP contribution in [0.3, 0.4) is 0 Å². The second kappa shape index (κ2) is 18.4. The topological polar surface area (TPSA) is 0 Å². The second-order valence-electron chi connectivity index (χ2n) is 9.45. The summed E-state index contributed by atoms with van der Waals surface area (Å²) < 4.78 is 0. The molecule has 0 bridgehead atoms. The van der Waals surface area contributed by atoms with Crippen LogP contribution in [0, 0.1) is 11.3 Å². The Bertz CT molecular complexity index is 259. The molecule has 0 spiro atoms. The molecule has 0 N–H and O–H groups in total. The summed E-state index contributed by atoms with van der Waals surface area (Å²) in [5, 5.41) is 0. The van der Waals surface area contributed by atoms with Crippen molar-refractivity contribution in [1.82, 2.24) is 0 Å². The van der Waals surface area contributed by atoms with E-state index in [1.807, 2.05) is 0 Å². The molecule has 1 unspecified atom stereocenters. The molecule has 26 heavy (non-hydrogen) atoms. The van der Waals surface area contributed by atoms with Gasteiger partial charge in [-0.3, -0.25) is 0 Å². The van der Waals surface area contributed by atoms with E-state index in [1.165, 1.54) is 122 Å². The van der Waals surface area contributed by atoms with Crippen LogP contribution in [0.1, 0.15) is 157 Å². The van der Waals surface area contributed by atoms with Crippen LogP contribution in [0.2, 0.25) is 0 Å². The Labute approximate surface area is 168 Å². The lowest BCUT2D eigenvalue weighted by molar-refractivity contribution is 0.188. The smallest absolute Gasteiger partial charge is 0.0326 e. The van der Waals surface area contributed by atoms with Crippen LogP contribution < -0.4 is 0 Å². The van der Waals surface area contributed by atoms with Crippen LogP contribution in [-0.4, -0.2) is 0 Å². The Morgan fingerprint density at radius 1 is 0.538 bits per heavy atom. The van der Waals surface area contributed by atoms with Crippen molar-refractivity contribution < 1.29 is 0 Å². The zero-order chi connectivity index (χ0) is 19.5. The fourth-order valence-corrected chi connectivity index (χ4v) is 4.52. The van der Waals surface area contributed by atoms with Gasteiger partial charge in [-0.2, -0.15) is 0 Å². The van der Waals surface area contributed by atoms with E-state index >= 15 is 0 Å². The number of hydrogen-bond donors (Lipinski definition) is 0. The maximum atomic E-state index is 2.60. The van der Waals surface area contributed by atoms with Crippen LogP contribution in [0.4, 0.5) is 0 Å². The molecule has 0 fully saturated rings. The normalized spacial score (nSPS) is 14.1. The van der Waals surface area contributed by atoms with Gasteiger partial charge >= 0.3 is 0 Å². The molecule has 0 aliphatic carbocycles. The van der Waals surface area contributed by atoms with Gasteiger partial charge in [-0.1, -0.05) is 144 Å². The number of rotatable bonds is 20. The van der Waals surface area contributed by atoms with Crippen molar-refractivity contribution in [1.29, 1.82) is 0 Å². The predicted octanol–water partition coefficient (Wildman–Crippen LogP) is 10.1. The summed E-state index contributed by atoms with van der Waals surface area (Å²) in [6.45, 7) is 12.0. The molecule has 158 valence electrons. The van der Waals surface area contributed by atoms with E-state index in [9.17, 15) is 0 Å². The highest BCUT2D eigenvalue weighted by Crippen LogP contribution is 2.38. The fraction of sp³-hybridized carbons (Fsp3) is 1.00. The van der Waals surface area contributed by atoms with Crippen LogP contribution in [0.25, 0.3) is 0 Å². The minimum Gasteiger partial charge on any atom is -0.0654 e. The average Bonchev–Trinajstić information content (AvgIpc) is 2.64. The highest BCUT2D eigenvalue weighted by molar-refractivity contribution is 4.77. The predicted molar refractivity (Wildman–Crippen MR) is 122 cm³/mol. The average molecular weight is 367 g/mol. The molecule has 0 aromatic carbocycles. The summed E-state index contributed by atoms with van der Waals surface area (Å²) in [7, 11) is 0. The summed E-state index contributed by atoms with van der Waals surface area (Å²) >= 11 is 0. The monoisotopic (exact) mass is 366 g/mol. The number of hydrogen-bond acceptors (Lipinski definition) is 0. The van der Waals surface area contributed by atoms with Crippen molar-refractivity contribution in [3.63, 3.8) is 0 Å². The van der Waals surface area contributed by atoms with E-state index in [0.717, 1.165) is 5.92 Å². The molecular formula is C26H54. The molecule has 0 amide bonds. The van der Waals surface area contributed by atoms with Crippen molar-refractivity contribution in [2.75, 3.05) is 0 Å². The summed E-state index contributed by atoms with van der Waals surface area (Å²) in [5.41, 5.74) is 0.602. The standard InChI is InChI=1S/C26H54/c1-6-10-13-14-15-16-17-20-23-26(5,9-4)24-25(21-18-11-7-2)22-19-12-8-3/h25H,6-24H2,1-5H3. The molecule has 0 aliphatic rings. The summed E-state index contributed by atoms with van der Waals surface area (Å²) in [5.74, 6) is 0.993. The first-order chi connectivity index (χ1) is 12.6. The lowest BCUT2D eigenvalue weighted by Gasteiger charge is -2.33. The van der Waals surface area contributed by atoms with Crippen molar-refractivity contribution in [2.24, 2.45) is 11.3 Å². The van der Waals surface area contributed by atoms with E-state index in [4.69, 9.17) is 0 Å². The molecule has 0 saturated heterocycles. The van der Waals surface area contributed by atoms with Crippen molar-refractivity contribution in [3.8, 4) is 0 Å². The molecule has 0 saturated carbocycles.